The summed E-state index contributed by atoms with van der Waals surface area (Å²) in [5.74, 6) is 2.16. The Hall–Kier alpha value is -0.530. The molecule has 1 aliphatic heterocycles. The Bertz CT molecular complexity index is 249. The summed E-state index contributed by atoms with van der Waals surface area (Å²) in [6.45, 7) is 11.1. The average Bonchev–Trinajstić information content (AvgIpc) is 2.24. The molecule has 0 aromatic carbocycles. The molecule has 1 saturated heterocycles. The maximum Gasteiger partial charge on any atom is 0.312 e. The van der Waals surface area contributed by atoms with Crippen LogP contribution in [0.2, 0.25) is 0 Å². The summed E-state index contributed by atoms with van der Waals surface area (Å²) >= 11 is 0. The molecule has 0 aliphatic carbocycles. The van der Waals surface area contributed by atoms with Crippen LogP contribution in [-0.2, 0) is 9.53 Å². The van der Waals surface area contributed by atoms with Crippen LogP contribution in [0.3, 0.4) is 0 Å². The van der Waals surface area contributed by atoms with Crippen LogP contribution in [0, 0.1) is 23.7 Å². The van der Waals surface area contributed by atoms with Gasteiger partial charge in [0.05, 0.1) is 5.92 Å². The van der Waals surface area contributed by atoms with E-state index in [-0.39, 0.29) is 18.0 Å². The second kappa shape index (κ2) is 6.42. The zero-order valence-electron chi connectivity index (χ0n) is 12.0. The minimum atomic E-state index is -0.0196. The van der Waals surface area contributed by atoms with E-state index in [0.717, 1.165) is 11.8 Å². The van der Waals surface area contributed by atoms with Gasteiger partial charge in [0.25, 0.3) is 0 Å². The number of hydrogen-bond donors (Lipinski definition) is 0. The van der Waals surface area contributed by atoms with Crippen molar-refractivity contribution < 1.29 is 9.53 Å². The highest BCUT2D eigenvalue weighted by Gasteiger charge is 2.42. The van der Waals surface area contributed by atoms with E-state index >= 15 is 0 Å². The highest BCUT2D eigenvalue weighted by Crippen LogP contribution is 2.33. The molecule has 0 saturated carbocycles. The fourth-order valence-corrected chi connectivity index (χ4v) is 3.18. The number of cyclic esters (lactones) is 1. The van der Waals surface area contributed by atoms with Crippen LogP contribution in [0.5, 0.6) is 0 Å². The molecule has 0 amide bonds. The molecule has 5 atom stereocenters. The zero-order valence-corrected chi connectivity index (χ0v) is 12.0. The van der Waals surface area contributed by atoms with Crippen LogP contribution in [0.4, 0.5) is 0 Å². The molecule has 0 aromatic heterocycles. The fourth-order valence-electron chi connectivity index (χ4n) is 3.18. The molecular weight excluding hydrogens is 212 g/mol. The van der Waals surface area contributed by atoms with Gasteiger partial charge in [-0.25, -0.2) is 0 Å². The third-order valence-corrected chi connectivity index (χ3v) is 4.04. The van der Waals surface area contributed by atoms with Gasteiger partial charge in [0.15, 0.2) is 0 Å². The second-order valence-corrected chi connectivity index (χ2v) is 6.14. The highest BCUT2D eigenvalue weighted by atomic mass is 16.6. The lowest BCUT2D eigenvalue weighted by molar-refractivity contribution is -0.189. The monoisotopic (exact) mass is 240 g/mol. The Balaban J connectivity index is 2.26. The lowest BCUT2D eigenvalue weighted by atomic mass is 9.81. The minimum Gasteiger partial charge on any atom is -0.461 e. The van der Waals surface area contributed by atoms with Crippen molar-refractivity contribution in [1.29, 1.82) is 0 Å². The lowest BCUT2D eigenvalue weighted by Crippen LogP contribution is -2.47. The molecule has 0 bridgehead atoms. The van der Waals surface area contributed by atoms with E-state index in [0.29, 0.717) is 5.92 Å². The summed E-state index contributed by atoms with van der Waals surface area (Å²) in [6.07, 6.45) is 5.25. The molecule has 0 radical (unpaired) electrons. The Labute approximate surface area is 106 Å². The molecule has 0 N–H and O–H groups in total. The standard InChI is InChI=1S/C15H28O2/c1-6-7-10(2)8-11(3)9-12(4)14-13(5)15(16)17-14/h10-14H,6-9H2,1-5H3/t10-,11-,12+,13+,14+/m0/s1. The number of hydrogen-bond acceptors (Lipinski definition) is 2. The van der Waals surface area contributed by atoms with E-state index < -0.39 is 0 Å². The van der Waals surface area contributed by atoms with E-state index in [1.165, 1.54) is 25.7 Å². The molecule has 0 aromatic rings. The van der Waals surface area contributed by atoms with Gasteiger partial charge >= 0.3 is 5.97 Å². The highest BCUT2D eigenvalue weighted by molar-refractivity contribution is 5.78. The van der Waals surface area contributed by atoms with Gasteiger partial charge < -0.3 is 4.74 Å². The van der Waals surface area contributed by atoms with Gasteiger partial charge in [0.1, 0.15) is 6.10 Å². The van der Waals surface area contributed by atoms with Crippen molar-refractivity contribution in [2.45, 2.75) is 66.4 Å². The maximum atomic E-state index is 11.1. The Morgan fingerprint density at radius 1 is 1.18 bits per heavy atom. The summed E-state index contributed by atoms with van der Waals surface area (Å²) in [5.41, 5.74) is 0. The van der Waals surface area contributed by atoms with Crippen LogP contribution >= 0.6 is 0 Å². The third-order valence-electron chi connectivity index (χ3n) is 4.04. The van der Waals surface area contributed by atoms with E-state index in [4.69, 9.17) is 4.74 Å². The largest absolute Gasteiger partial charge is 0.461 e. The summed E-state index contributed by atoms with van der Waals surface area (Å²) in [5, 5.41) is 0. The van der Waals surface area contributed by atoms with Gasteiger partial charge in [-0.05, 0) is 37.5 Å². The van der Waals surface area contributed by atoms with Crippen molar-refractivity contribution in [1.82, 2.24) is 0 Å². The predicted octanol–water partition coefficient (Wildman–Crippen LogP) is 4.04. The SMILES string of the molecule is CCC[C@H](C)C[C@H](C)C[C@@H](C)[C@H]1OC(=O)[C@@H]1C. The first-order chi connectivity index (χ1) is 7.95. The van der Waals surface area contributed by atoms with Gasteiger partial charge in [-0.1, -0.05) is 40.5 Å². The van der Waals surface area contributed by atoms with Gasteiger partial charge in [-0.15, -0.1) is 0 Å². The third kappa shape index (κ3) is 4.01. The van der Waals surface area contributed by atoms with E-state index in [9.17, 15) is 4.79 Å². The second-order valence-electron chi connectivity index (χ2n) is 6.14. The maximum absolute atomic E-state index is 11.1. The molecule has 2 heteroatoms. The zero-order chi connectivity index (χ0) is 13.0. The van der Waals surface area contributed by atoms with Crippen molar-refractivity contribution in [2.24, 2.45) is 23.7 Å². The van der Waals surface area contributed by atoms with Crippen LogP contribution in [-0.4, -0.2) is 12.1 Å². The van der Waals surface area contributed by atoms with Crippen LogP contribution in [0.15, 0.2) is 0 Å². The average molecular weight is 240 g/mol. The molecule has 0 spiro atoms. The first-order valence-corrected chi connectivity index (χ1v) is 7.16. The van der Waals surface area contributed by atoms with Gasteiger partial charge in [0.2, 0.25) is 0 Å². The first kappa shape index (κ1) is 14.5. The summed E-state index contributed by atoms with van der Waals surface area (Å²) < 4.78 is 5.23. The van der Waals surface area contributed by atoms with Crippen molar-refractivity contribution in [3.05, 3.63) is 0 Å². The fraction of sp³-hybridized carbons (Fsp3) is 0.933. The Morgan fingerprint density at radius 2 is 1.82 bits per heavy atom. The smallest absolute Gasteiger partial charge is 0.312 e. The molecule has 1 fully saturated rings. The van der Waals surface area contributed by atoms with Crippen LogP contribution < -0.4 is 0 Å². The van der Waals surface area contributed by atoms with Crippen molar-refractivity contribution in [3.8, 4) is 0 Å². The molecular formula is C15H28O2. The Kier molecular flexibility index (Phi) is 5.48. The van der Waals surface area contributed by atoms with Crippen molar-refractivity contribution in [2.75, 3.05) is 0 Å². The minimum absolute atomic E-state index is 0.0196. The summed E-state index contributed by atoms with van der Waals surface area (Å²) in [7, 11) is 0. The van der Waals surface area contributed by atoms with E-state index in [2.05, 4.69) is 27.7 Å². The number of esters is 1. The summed E-state index contributed by atoms with van der Waals surface area (Å²) in [4.78, 5) is 11.1. The molecule has 1 rings (SSSR count). The van der Waals surface area contributed by atoms with Gasteiger partial charge in [-0.2, -0.15) is 0 Å². The van der Waals surface area contributed by atoms with Crippen LogP contribution in [0.1, 0.15) is 60.3 Å². The van der Waals surface area contributed by atoms with E-state index in [1.807, 2.05) is 6.92 Å². The molecule has 100 valence electrons. The Morgan fingerprint density at radius 3 is 2.29 bits per heavy atom. The molecule has 17 heavy (non-hydrogen) atoms. The number of rotatable bonds is 7. The topological polar surface area (TPSA) is 26.3 Å². The lowest BCUT2D eigenvalue weighted by Gasteiger charge is -2.38. The number of carbonyl (C=O) groups excluding carboxylic acids is 1. The van der Waals surface area contributed by atoms with Gasteiger partial charge in [-0.3, -0.25) is 4.79 Å². The van der Waals surface area contributed by atoms with Crippen LogP contribution in [0.25, 0.3) is 0 Å². The summed E-state index contributed by atoms with van der Waals surface area (Å²) in [6, 6.07) is 0. The molecule has 1 aliphatic rings. The van der Waals surface area contributed by atoms with Crippen molar-refractivity contribution in [3.63, 3.8) is 0 Å². The predicted molar refractivity (Wildman–Crippen MR) is 70.7 cm³/mol. The molecule has 0 unspecified atom stereocenters. The number of ether oxygens (including phenoxy) is 1. The normalized spacial score (nSPS) is 29.1. The quantitative estimate of drug-likeness (QED) is 0.628. The van der Waals surface area contributed by atoms with E-state index in [1.54, 1.807) is 0 Å². The molecule has 1 heterocycles. The molecule has 2 nitrogen and oxygen atoms in total. The van der Waals surface area contributed by atoms with Gasteiger partial charge in [0, 0.05) is 0 Å². The first-order valence-electron chi connectivity index (χ1n) is 7.16. The van der Waals surface area contributed by atoms with Crippen molar-refractivity contribution >= 4 is 5.97 Å². The number of carbonyl (C=O) groups is 1.